The summed E-state index contributed by atoms with van der Waals surface area (Å²) in [7, 11) is 4.34. The van der Waals surface area contributed by atoms with Gasteiger partial charge in [0.25, 0.3) is 0 Å². The second-order valence-electron chi connectivity index (χ2n) is 5.61. The minimum absolute atomic E-state index is 0.504. The summed E-state index contributed by atoms with van der Waals surface area (Å²) >= 11 is 1.86. The maximum atomic E-state index is 3.77. The summed E-state index contributed by atoms with van der Waals surface area (Å²) < 4.78 is 0. The van der Waals surface area contributed by atoms with Crippen LogP contribution in [0.5, 0.6) is 0 Å². The average molecular weight is 281 g/mol. The van der Waals surface area contributed by atoms with E-state index in [-0.39, 0.29) is 0 Å². The zero-order chi connectivity index (χ0) is 13.7. The van der Waals surface area contributed by atoms with Gasteiger partial charge in [-0.1, -0.05) is 13.0 Å². The minimum Gasteiger partial charge on any atom is -0.312 e. The highest BCUT2D eigenvalue weighted by atomic mass is 32.1. The van der Waals surface area contributed by atoms with Gasteiger partial charge in [-0.05, 0) is 58.0 Å². The van der Waals surface area contributed by atoms with Crippen molar-refractivity contribution in [2.45, 2.75) is 31.8 Å². The van der Waals surface area contributed by atoms with Crippen molar-refractivity contribution in [3.63, 3.8) is 0 Å². The smallest absolute Gasteiger partial charge is 0.0561 e. The van der Waals surface area contributed by atoms with E-state index in [1.165, 1.54) is 37.4 Å². The highest BCUT2D eigenvalue weighted by Gasteiger charge is 2.20. The van der Waals surface area contributed by atoms with Crippen molar-refractivity contribution < 1.29 is 0 Å². The molecule has 0 spiro atoms. The Bertz CT molecular complexity index is 342. The van der Waals surface area contributed by atoms with Crippen LogP contribution in [0.25, 0.3) is 0 Å². The maximum absolute atomic E-state index is 3.77. The Morgan fingerprint density at radius 1 is 1.42 bits per heavy atom. The molecule has 1 N–H and O–H groups in total. The molecule has 0 aliphatic carbocycles. The average Bonchev–Trinajstić information content (AvgIpc) is 2.93. The van der Waals surface area contributed by atoms with E-state index < -0.39 is 0 Å². The van der Waals surface area contributed by atoms with E-state index >= 15 is 0 Å². The van der Waals surface area contributed by atoms with Crippen LogP contribution in [0.15, 0.2) is 17.5 Å². The third-order valence-corrected chi connectivity index (χ3v) is 5.10. The highest BCUT2D eigenvalue weighted by Crippen LogP contribution is 2.23. The summed E-state index contributed by atoms with van der Waals surface area (Å²) in [6, 6.07) is 5.60. The number of piperidine rings is 1. The van der Waals surface area contributed by atoms with Gasteiger partial charge in [0.15, 0.2) is 0 Å². The van der Waals surface area contributed by atoms with Gasteiger partial charge in [-0.2, -0.15) is 0 Å². The second kappa shape index (κ2) is 7.39. The quantitative estimate of drug-likeness (QED) is 0.864. The molecule has 1 aromatic rings. The van der Waals surface area contributed by atoms with E-state index in [0.29, 0.717) is 12.1 Å². The minimum atomic E-state index is 0.504. The predicted molar refractivity (Wildman–Crippen MR) is 83.9 cm³/mol. The second-order valence-corrected chi connectivity index (χ2v) is 6.59. The van der Waals surface area contributed by atoms with Gasteiger partial charge in [0, 0.05) is 17.5 Å². The van der Waals surface area contributed by atoms with Crippen molar-refractivity contribution in [1.82, 2.24) is 15.1 Å². The Morgan fingerprint density at radius 2 is 2.16 bits per heavy atom. The van der Waals surface area contributed by atoms with Crippen LogP contribution in [0.3, 0.4) is 0 Å². The fourth-order valence-electron chi connectivity index (χ4n) is 2.75. The third-order valence-electron chi connectivity index (χ3n) is 4.13. The van der Waals surface area contributed by atoms with Crippen LogP contribution in [0, 0.1) is 0 Å². The summed E-state index contributed by atoms with van der Waals surface area (Å²) in [5.41, 5.74) is 0. The van der Waals surface area contributed by atoms with Crippen molar-refractivity contribution in [1.29, 1.82) is 0 Å². The molecule has 3 nitrogen and oxygen atoms in total. The van der Waals surface area contributed by atoms with E-state index in [1.54, 1.807) is 0 Å². The monoisotopic (exact) mass is 281 g/mol. The predicted octanol–water partition coefficient (Wildman–Crippen LogP) is 2.42. The summed E-state index contributed by atoms with van der Waals surface area (Å²) in [6.07, 6.45) is 2.58. The Kier molecular flexibility index (Phi) is 5.82. The number of likely N-dealkylation sites (N-methyl/N-ethyl adjacent to an activating group) is 1. The molecule has 0 saturated carbocycles. The molecule has 19 heavy (non-hydrogen) atoms. The molecule has 1 aliphatic heterocycles. The maximum Gasteiger partial charge on any atom is 0.0561 e. The molecule has 0 radical (unpaired) electrons. The molecule has 0 bridgehead atoms. The van der Waals surface area contributed by atoms with Gasteiger partial charge in [-0.3, -0.25) is 0 Å². The van der Waals surface area contributed by atoms with Crippen LogP contribution < -0.4 is 5.32 Å². The van der Waals surface area contributed by atoms with Crippen molar-refractivity contribution in [3.8, 4) is 0 Å². The van der Waals surface area contributed by atoms with E-state index in [0.717, 1.165) is 6.54 Å². The highest BCUT2D eigenvalue weighted by molar-refractivity contribution is 7.10. The number of nitrogens with zero attached hydrogens (tertiary/aromatic N) is 2. The standard InChI is InChI=1S/C15H27N3S/c1-4-18-9-7-13(8-10-18)16-12-14(17(2)3)15-6-5-11-19-15/h5-6,11,13-14,16H,4,7-10,12H2,1-3H3. The lowest BCUT2D eigenvalue weighted by Gasteiger charge is -2.33. The first kappa shape index (κ1) is 15.0. The number of hydrogen-bond acceptors (Lipinski definition) is 4. The summed E-state index contributed by atoms with van der Waals surface area (Å²) in [5, 5.41) is 5.95. The molecular weight excluding hydrogens is 254 g/mol. The lowest BCUT2D eigenvalue weighted by Crippen LogP contribution is -2.44. The zero-order valence-electron chi connectivity index (χ0n) is 12.4. The molecule has 0 amide bonds. The molecule has 1 aliphatic rings. The van der Waals surface area contributed by atoms with Gasteiger partial charge in [-0.15, -0.1) is 11.3 Å². The Labute approximate surface area is 121 Å². The lowest BCUT2D eigenvalue weighted by atomic mass is 10.0. The van der Waals surface area contributed by atoms with Crippen LogP contribution in [0.4, 0.5) is 0 Å². The number of thiophene rings is 1. The molecule has 2 rings (SSSR count). The van der Waals surface area contributed by atoms with Crippen molar-refractivity contribution >= 4 is 11.3 Å². The molecule has 1 atom stereocenters. The van der Waals surface area contributed by atoms with Crippen LogP contribution in [-0.2, 0) is 0 Å². The lowest BCUT2D eigenvalue weighted by molar-refractivity contribution is 0.196. The fourth-order valence-corrected chi connectivity index (χ4v) is 3.67. The van der Waals surface area contributed by atoms with Crippen LogP contribution in [0.2, 0.25) is 0 Å². The summed E-state index contributed by atoms with van der Waals surface area (Å²) in [4.78, 5) is 6.32. The fraction of sp³-hybridized carbons (Fsp3) is 0.733. The van der Waals surface area contributed by atoms with Crippen molar-refractivity contribution in [2.24, 2.45) is 0 Å². The van der Waals surface area contributed by atoms with Crippen LogP contribution in [-0.4, -0.2) is 56.1 Å². The van der Waals surface area contributed by atoms with Crippen LogP contribution in [0.1, 0.15) is 30.7 Å². The molecular formula is C15H27N3S. The molecule has 4 heteroatoms. The first-order valence-electron chi connectivity index (χ1n) is 7.36. The molecule has 0 aromatic carbocycles. The van der Waals surface area contributed by atoms with Gasteiger partial charge >= 0.3 is 0 Å². The third kappa shape index (κ3) is 4.28. The van der Waals surface area contributed by atoms with Crippen molar-refractivity contribution in [3.05, 3.63) is 22.4 Å². The number of rotatable bonds is 6. The van der Waals surface area contributed by atoms with Gasteiger partial charge in [0.2, 0.25) is 0 Å². The normalized spacial score (nSPS) is 20.0. The SMILES string of the molecule is CCN1CCC(NCC(c2cccs2)N(C)C)CC1. The first-order chi connectivity index (χ1) is 9.20. The van der Waals surface area contributed by atoms with Gasteiger partial charge < -0.3 is 15.1 Å². The Hall–Kier alpha value is -0.420. The number of hydrogen-bond donors (Lipinski definition) is 1. The Morgan fingerprint density at radius 3 is 2.68 bits per heavy atom. The molecule has 108 valence electrons. The van der Waals surface area contributed by atoms with E-state index in [1.807, 2.05) is 11.3 Å². The van der Waals surface area contributed by atoms with Gasteiger partial charge in [0.05, 0.1) is 6.04 Å². The number of likely N-dealkylation sites (tertiary alicyclic amines) is 1. The molecule has 1 aromatic heterocycles. The Balaban J connectivity index is 1.80. The van der Waals surface area contributed by atoms with E-state index in [9.17, 15) is 0 Å². The van der Waals surface area contributed by atoms with E-state index in [2.05, 4.69) is 53.6 Å². The summed E-state index contributed by atoms with van der Waals surface area (Å²) in [5.74, 6) is 0. The molecule has 1 fully saturated rings. The van der Waals surface area contributed by atoms with Gasteiger partial charge in [-0.25, -0.2) is 0 Å². The number of nitrogens with one attached hydrogen (secondary N) is 1. The zero-order valence-corrected chi connectivity index (χ0v) is 13.2. The molecule has 1 saturated heterocycles. The largest absolute Gasteiger partial charge is 0.312 e. The molecule has 1 unspecified atom stereocenters. The van der Waals surface area contributed by atoms with Gasteiger partial charge in [0.1, 0.15) is 0 Å². The van der Waals surface area contributed by atoms with Crippen molar-refractivity contribution in [2.75, 3.05) is 40.3 Å². The van der Waals surface area contributed by atoms with E-state index in [4.69, 9.17) is 0 Å². The first-order valence-corrected chi connectivity index (χ1v) is 8.24. The summed E-state index contributed by atoms with van der Waals surface area (Å²) in [6.45, 7) is 7.01. The van der Waals surface area contributed by atoms with Crippen LogP contribution >= 0.6 is 11.3 Å². The topological polar surface area (TPSA) is 18.5 Å². The molecule has 2 heterocycles.